The molecule has 5 nitrogen and oxygen atoms in total. The van der Waals surface area contributed by atoms with Gasteiger partial charge in [0.25, 0.3) is 0 Å². The summed E-state index contributed by atoms with van der Waals surface area (Å²) < 4.78 is 5.91. The molecule has 1 aromatic carbocycles. The van der Waals surface area contributed by atoms with E-state index in [-0.39, 0.29) is 36.6 Å². The minimum atomic E-state index is 0. The first-order valence-electron chi connectivity index (χ1n) is 9.14. The van der Waals surface area contributed by atoms with Crippen molar-refractivity contribution in [1.82, 2.24) is 4.90 Å². The van der Waals surface area contributed by atoms with Crippen LogP contribution in [0.2, 0.25) is 0 Å². The number of amides is 1. The van der Waals surface area contributed by atoms with Crippen molar-refractivity contribution in [3.05, 3.63) is 24.3 Å². The Morgan fingerprint density at radius 1 is 1.23 bits per heavy atom. The van der Waals surface area contributed by atoms with Crippen molar-refractivity contribution >= 4 is 36.4 Å². The molecule has 0 heterocycles. The van der Waals surface area contributed by atoms with E-state index in [1.807, 2.05) is 24.3 Å². The van der Waals surface area contributed by atoms with Gasteiger partial charge in [-0.15, -0.1) is 24.8 Å². The van der Waals surface area contributed by atoms with Gasteiger partial charge < -0.3 is 20.7 Å². The summed E-state index contributed by atoms with van der Waals surface area (Å²) in [5.74, 6) is 1.14. The number of halogens is 2. The molecule has 150 valence electrons. The van der Waals surface area contributed by atoms with Gasteiger partial charge in [0.15, 0.2) is 0 Å². The van der Waals surface area contributed by atoms with E-state index in [0.717, 1.165) is 50.3 Å². The number of nitrogens with zero attached hydrogens (tertiary/aromatic N) is 1. The maximum Gasteiger partial charge on any atom is 0.227 e. The topological polar surface area (TPSA) is 67.6 Å². The summed E-state index contributed by atoms with van der Waals surface area (Å²) in [5.41, 5.74) is 6.55. The Hall–Kier alpha value is -1.01. The molecule has 2 rings (SSSR count). The predicted molar refractivity (Wildman–Crippen MR) is 113 cm³/mol. The van der Waals surface area contributed by atoms with Crippen LogP contribution in [0.15, 0.2) is 24.3 Å². The summed E-state index contributed by atoms with van der Waals surface area (Å²) >= 11 is 0. The lowest BCUT2D eigenvalue weighted by atomic mass is 9.95. The van der Waals surface area contributed by atoms with Gasteiger partial charge in [-0.25, -0.2) is 0 Å². The van der Waals surface area contributed by atoms with Crippen LogP contribution in [0, 0.1) is 11.8 Å². The summed E-state index contributed by atoms with van der Waals surface area (Å²) in [6.07, 6.45) is 3.07. The molecule has 0 bridgehead atoms. The van der Waals surface area contributed by atoms with Crippen molar-refractivity contribution in [1.29, 1.82) is 0 Å². The Morgan fingerprint density at radius 2 is 1.92 bits per heavy atom. The fourth-order valence-corrected chi connectivity index (χ4v) is 3.41. The zero-order valence-corrected chi connectivity index (χ0v) is 17.4. The third-order valence-electron chi connectivity index (χ3n) is 5.00. The fourth-order valence-electron chi connectivity index (χ4n) is 3.41. The SMILES string of the molecule is CCN(CC)CCOc1ccccc1NC(=O)[C@@H]1CCC[C@@H]1CN.Cl.Cl. The minimum absolute atomic E-state index is 0. The highest BCUT2D eigenvalue weighted by molar-refractivity contribution is 5.94. The molecule has 1 amide bonds. The van der Waals surface area contributed by atoms with Crippen molar-refractivity contribution in [3.63, 3.8) is 0 Å². The summed E-state index contributed by atoms with van der Waals surface area (Å²) in [5, 5.41) is 3.05. The van der Waals surface area contributed by atoms with E-state index < -0.39 is 0 Å². The van der Waals surface area contributed by atoms with Crippen LogP contribution in [-0.2, 0) is 4.79 Å². The van der Waals surface area contributed by atoms with Crippen LogP contribution in [0.5, 0.6) is 5.75 Å². The molecule has 26 heavy (non-hydrogen) atoms. The fraction of sp³-hybridized carbons (Fsp3) is 0.632. The number of benzene rings is 1. The molecule has 7 heteroatoms. The molecule has 1 saturated carbocycles. The number of nitrogens with one attached hydrogen (secondary N) is 1. The molecule has 2 atom stereocenters. The summed E-state index contributed by atoms with van der Waals surface area (Å²) in [4.78, 5) is 14.9. The number of hydrogen-bond donors (Lipinski definition) is 2. The maximum absolute atomic E-state index is 12.6. The van der Waals surface area contributed by atoms with Gasteiger partial charge in [-0.05, 0) is 50.5 Å². The Balaban J connectivity index is 0.00000312. The molecule has 1 aromatic rings. The first-order valence-corrected chi connectivity index (χ1v) is 9.14. The highest BCUT2D eigenvalue weighted by atomic mass is 35.5. The van der Waals surface area contributed by atoms with Crippen LogP contribution in [0.1, 0.15) is 33.1 Å². The van der Waals surface area contributed by atoms with Crippen LogP contribution in [0.4, 0.5) is 5.69 Å². The first kappa shape index (κ1) is 25.0. The zero-order chi connectivity index (χ0) is 17.4. The second kappa shape index (κ2) is 13.2. The Bertz CT molecular complexity index is 527. The van der Waals surface area contributed by atoms with E-state index in [9.17, 15) is 4.79 Å². The lowest BCUT2D eigenvalue weighted by Crippen LogP contribution is -2.30. The van der Waals surface area contributed by atoms with Crippen molar-refractivity contribution in [2.45, 2.75) is 33.1 Å². The molecule has 3 N–H and O–H groups in total. The molecule has 0 aromatic heterocycles. The van der Waals surface area contributed by atoms with Crippen LogP contribution in [0.25, 0.3) is 0 Å². The van der Waals surface area contributed by atoms with Gasteiger partial charge in [0.1, 0.15) is 12.4 Å². The highest BCUT2D eigenvalue weighted by Gasteiger charge is 2.32. The first-order chi connectivity index (χ1) is 11.7. The molecule has 1 fully saturated rings. The number of carbonyl (C=O) groups is 1. The van der Waals surface area contributed by atoms with Crippen LogP contribution >= 0.6 is 24.8 Å². The second-order valence-corrected chi connectivity index (χ2v) is 6.39. The van der Waals surface area contributed by atoms with E-state index in [1.165, 1.54) is 0 Å². The number of ether oxygens (including phenoxy) is 1. The molecule has 0 spiro atoms. The van der Waals surface area contributed by atoms with E-state index in [1.54, 1.807) is 0 Å². The molecule has 0 radical (unpaired) electrons. The van der Waals surface area contributed by atoms with Gasteiger partial charge >= 0.3 is 0 Å². The van der Waals surface area contributed by atoms with Gasteiger partial charge in [-0.2, -0.15) is 0 Å². The second-order valence-electron chi connectivity index (χ2n) is 6.39. The van der Waals surface area contributed by atoms with E-state index in [4.69, 9.17) is 10.5 Å². The standard InChI is InChI=1S/C19H31N3O2.2ClH/c1-3-22(4-2)12-13-24-18-11-6-5-10-17(18)21-19(23)16-9-7-8-15(16)14-20;;/h5-6,10-11,15-16H,3-4,7-9,12-14,20H2,1-2H3,(H,21,23);2*1H/t15-,16-;;/m1../s1. The average Bonchev–Trinajstić information content (AvgIpc) is 3.09. The van der Waals surface area contributed by atoms with Crippen molar-refractivity contribution in [3.8, 4) is 5.75 Å². The molecule has 0 unspecified atom stereocenters. The number of carbonyl (C=O) groups excluding carboxylic acids is 1. The molecule has 0 saturated heterocycles. The van der Waals surface area contributed by atoms with Crippen molar-refractivity contribution in [2.75, 3.05) is 38.1 Å². The normalized spacial score (nSPS) is 18.8. The quantitative estimate of drug-likeness (QED) is 0.658. The van der Waals surface area contributed by atoms with Crippen molar-refractivity contribution < 1.29 is 9.53 Å². The Kier molecular flexibility index (Phi) is 12.7. The van der Waals surface area contributed by atoms with Gasteiger partial charge in [0.05, 0.1) is 5.69 Å². The van der Waals surface area contributed by atoms with E-state index in [0.29, 0.717) is 19.1 Å². The Morgan fingerprint density at radius 3 is 2.58 bits per heavy atom. The lowest BCUT2D eigenvalue weighted by molar-refractivity contribution is -0.120. The smallest absolute Gasteiger partial charge is 0.227 e. The van der Waals surface area contributed by atoms with E-state index in [2.05, 4.69) is 24.1 Å². The van der Waals surface area contributed by atoms with Gasteiger partial charge in [0.2, 0.25) is 5.91 Å². The zero-order valence-electron chi connectivity index (χ0n) is 15.8. The van der Waals surface area contributed by atoms with Gasteiger partial charge in [-0.1, -0.05) is 32.4 Å². The molecule has 1 aliphatic carbocycles. The number of nitrogens with two attached hydrogens (primary N) is 1. The van der Waals surface area contributed by atoms with Crippen molar-refractivity contribution in [2.24, 2.45) is 17.6 Å². The third-order valence-corrected chi connectivity index (χ3v) is 5.00. The van der Waals surface area contributed by atoms with Crippen LogP contribution < -0.4 is 15.8 Å². The lowest BCUT2D eigenvalue weighted by Gasteiger charge is -2.20. The summed E-state index contributed by atoms with van der Waals surface area (Å²) in [7, 11) is 0. The highest BCUT2D eigenvalue weighted by Crippen LogP contribution is 2.33. The number of likely N-dealkylation sites (N-methyl/N-ethyl adjacent to an activating group) is 1. The number of hydrogen-bond acceptors (Lipinski definition) is 4. The molecular formula is C19H33Cl2N3O2. The minimum Gasteiger partial charge on any atom is -0.490 e. The Labute approximate surface area is 169 Å². The summed E-state index contributed by atoms with van der Waals surface area (Å²) in [6.45, 7) is 8.40. The molecule has 1 aliphatic rings. The van der Waals surface area contributed by atoms with E-state index >= 15 is 0 Å². The number of para-hydroxylation sites is 2. The van der Waals surface area contributed by atoms with Gasteiger partial charge in [0, 0.05) is 12.5 Å². The number of anilines is 1. The number of rotatable bonds is 9. The van der Waals surface area contributed by atoms with Crippen LogP contribution in [0.3, 0.4) is 0 Å². The maximum atomic E-state index is 12.6. The molecular weight excluding hydrogens is 373 g/mol. The monoisotopic (exact) mass is 405 g/mol. The molecule has 0 aliphatic heterocycles. The predicted octanol–water partition coefficient (Wildman–Crippen LogP) is 3.56. The average molecular weight is 406 g/mol. The van der Waals surface area contributed by atoms with Crippen LogP contribution in [-0.4, -0.2) is 43.6 Å². The third kappa shape index (κ3) is 6.95. The largest absolute Gasteiger partial charge is 0.490 e. The van der Waals surface area contributed by atoms with Gasteiger partial charge in [-0.3, -0.25) is 4.79 Å². The summed E-state index contributed by atoms with van der Waals surface area (Å²) in [6, 6.07) is 7.66.